The lowest BCUT2D eigenvalue weighted by Crippen LogP contribution is -2.02. The van der Waals surface area contributed by atoms with Crippen molar-refractivity contribution in [3.8, 4) is 17.1 Å². The van der Waals surface area contributed by atoms with E-state index in [4.69, 9.17) is 14.6 Å². The molecule has 182 valence electrons. The molecule has 6 nitrogen and oxygen atoms in total. The summed E-state index contributed by atoms with van der Waals surface area (Å²) < 4.78 is 11.4. The van der Waals surface area contributed by atoms with Gasteiger partial charge >= 0.3 is 5.97 Å². The number of benzene rings is 1. The number of carboxylic acids is 1. The van der Waals surface area contributed by atoms with Crippen LogP contribution in [0.25, 0.3) is 11.4 Å². The summed E-state index contributed by atoms with van der Waals surface area (Å²) in [6.45, 7) is 4.53. The van der Waals surface area contributed by atoms with Crippen LogP contribution in [0.15, 0.2) is 36.7 Å². The van der Waals surface area contributed by atoms with Gasteiger partial charge in [0.25, 0.3) is 0 Å². The summed E-state index contributed by atoms with van der Waals surface area (Å²) in [5, 5.41) is 8.66. The lowest BCUT2D eigenvalue weighted by atomic mass is 10.0. The lowest BCUT2D eigenvalue weighted by molar-refractivity contribution is -0.137. The van der Waals surface area contributed by atoms with Crippen LogP contribution < -0.4 is 4.74 Å². The largest absolute Gasteiger partial charge is 0.490 e. The molecule has 0 radical (unpaired) electrons. The Bertz CT molecular complexity index is 763. The first-order chi connectivity index (χ1) is 16.2. The summed E-state index contributed by atoms with van der Waals surface area (Å²) in [6.07, 6.45) is 15.5. The van der Waals surface area contributed by atoms with E-state index < -0.39 is 5.97 Å². The molecule has 1 heterocycles. The highest BCUT2D eigenvalue weighted by molar-refractivity contribution is 5.66. The van der Waals surface area contributed by atoms with Gasteiger partial charge in [0.05, 0.1) is 19.0 Å². The Labute approximate surface area is 198 Å². The molecule has 0 atom stereocenters. The van der Waals surface area contributed by atoms with Gasteiger partial charge in [0, 0.05) is 25.2 Å². The molecule has 33 heavy (non-hydrogen) atoms. The van der Waals surface area contributed by atoms with E-state index in [1.54, 1.807) is 12.4 Å². The number of hydrogen-bond acceptors (Lipinski definition) is 5. The molecule has 0 unspecified atom stereocenters. The third-order valence-corrected chi connectivity index (χ3v) is 5.54. The van der Waals surface area contributed by atoms with E-state index in [1.807, 2.05) is 0 Å². The van der Waals surface area contributed by atoms with E-state index in [0.29, 0.717) is 18.2 Å². The van der Waals surface area contributed by atoms with E-state index >= 15 is 0 Å². The second kappa shape index (κ2) is 17.1. The number of aryl methyl sites for hydroxylation is 1. The Morgan fingerprint density at radius 2 is 1.45 bits per heavy atom. The van der Waals surface area contributed by atoms with Gasteiger partial charge in [0.1, 0.15) is 0 Å². The highest BCUT2D eigenvalue weighted by Crippen LogP contribution is 2.18. The van der Waals surface area contributed by atoms with Crippen molar-refractivity contribution in [1.82, 2.24) is 9.97 Å². The van der Waals surface area contributed by atoms with Crippen molar-refractivity contribution < 1.29 is 19.4 Å². The first kappa shape index (κ1) is 26.8. The van der Waals surface area contributed by atoms with Crippen LogP contribution in [0.2, 0.25) is 0 Å². The molecule has 1 N–H and O–H groups in total. The van der Waals surface area contributed by atoms with Gasteiger partial charge in [-0.2, -0.15) is 0 Å². The summed E-state index contributed by atoms with van der Waals surface area (Å²) in [6, 6.07) is 8.34. The minimum absolute atomic E-state index is 0.271. The van der Waals surface area contributed by atoms with Crippen molar-refractivity contribution in [3.05, 3.63) is 42.2 Å². The average molecular weight is 457 g/mol. The van der Waals surface area contributed by atoms with Crippen molar-refractivity contribution in [2.24, 2.45) is 0 Å². The number of unbranched alkanes of at least 4 members (excludes halogenated alkanes) is 7. The number of aliphatic carboxylic acids is 1. The molecular weight excluding hydrogens is 416 g/mol. The highest BCUT2D eigenvalue weighted by atomic mass is 16.5. The molecule has 0 saturated carbocycles. The molecule has 0 fully saturated rings. The molecule has 0 aliphatic heterocycles. The van der Waals surface area contributed by atoms with E-state index in [2.05, 4.69) is 41.2 Å². The van der Waals surface area contributed by atoms with Gasteiger partial charge in [-0.1, -0.05) is 63.3 Å². The molecular formula is C27H40N2O4. The summed E-state index contributed by atoms with van der Waals surface area (Å²) in [5.41, 5.74) is 2.27. The molecule has 2 rings (SSSR count). The van der Waals surface area contributed by atoms with Crippen molar-refractivity contribution >= 4 is 5.97 Å². The first-order valence-electron chi connectivity index (χ1n) is 12.5. The second-order valence-electron chi connectivity index (χ2n) is 8.48. The standard InChI is InChI=1S/C27H40N2O4/c1-2-3-4-9-18-32-19-10-11-20-33-25-21-28-27(29-22-25)24-16-14-23(15-17-24)12-7-5-6-8-13-26(30)31/h14-17,21-22H,2-13,18-20H2,1H3,(H,30,31). The second-order valence-corrected chi connectivity index (χ2v) is 8.48. The Kier molecular flexibility index (Phi) is 13.8. The number of carboxylic acid groups (broad SMARTS) is 1. The maximum atomic E-state index is 10.5. The number of ether oxygens (including phenoxy) is 2. The third-order valence-electron chi connectivity index (χ3n) is 5.54. The molecule has 0 bridgehead atoms. The topological polar surface area (TPSA) is 81.5 Å². The van der Waals surface area contributed by atoms with Crippen molar-refractivity contribution in [2.75, 3.05) is 19.8 Å². The Morgan fingerprint density at radius 3 is 2.15 bits per heavy atom. The van der Waals surface area contributed by atoms with Gasteiger partial charge in [0.15, 0.2) is 11.6 Å². The van der Waals surface area contributed by atoms with Crippen LogP contribution in [-0.2, 0) is 16.0 Å². The molecule has 0 aliphatic carbocycles. The van der Waals surface area contributed by atoms with Gasteiger partial charge in [0.2, 0.25) is 0 Å². The van der Waals surface area contributed by atoms with E-state index in [1.165, 1.54) is 24.8 Å². The van der Waals surface area contributed by atoms with Crippen LogP contribution in [0.4, 0.5) is 0 Å². The lowest BCUT2D eigenvalue weighted by Gasteiger charge is -2.07. The third kappa shape index (κ3) is 12.4. The predicted molar refractivity (Wildman–Crippen MR) is 132 cm³/mol. The molecule has 6 heteroatoms. The van der Waals surface area contributed by atoms with Crippen LogP contribution in [0.3, 0.4) is 0 Å². The fraction of sp³-hybridized carbons (Fsp3) is 0.593. The van der Waals surface area contributed by atoms with Gasteiger partial charge in [-0.15, -0.1) is 0 Å². The van der Waals surface area contributed by atoms with Crippen LogP contribution in [0, 0.1) is 0 Å². The summed E-state index contributed by atoms with van der Waals surface area (Å²) in [7, 11) is 0. The van der Waals surface area contributed by atoms with Gasteiger partial charge in [-0.05, 0) is 44.1 Å². The molecule has 1 aromatic carbocycles. The average Bonchev–Trinajstić information content (AvgIpc) is 2.83. The Morgan fingerprint density at radius 1 is 0.818 bits per heavy atom. The SMILES string of the molecule is CCCCCCOCCCCOc1cnc(-c2ccc(CCCCCCC(=O)O)cc2)nc1. The number of hydrogen-bond donors (Lipinski definition) is 1. The molecule has 1 aromatic heterocycles. The van der Waals surface area contributed by atoms with Crippen LogP contribution in [0.1, 0.15) is 83.1 Å². The monoisotopic (exact) mass is 456 g/mol. The zero-order valence-corrected chi connectivity index (χ0v) is 20.1. The number of rotatable bonds is 19. The zero-order valence-electron chi connectivity index (χ0n) is 20.1. The first-order valence-corrected chi connectivity index (χ1v) is 12.5. The van der Waals surface area contributed by atoms with Crippen LogP contribution in [-0.4, -0.2) is 40.9 Å². The van der Waals surface area contributed by atoms with Crippen molar-refractivity contribution in [2.45, 2.75) is 84.0 Å². The molecule has 0 spiro atoms. The summed E-state index contributed by atoms with van der Waals surface area (Å²) in [4.78, 5) is 19.4. The maximum absolute atomic E-state index is 10.5. The smallest absolute Gasteiger partial charge is 0.303 e. The maximum Gasteiger partial charge on any atom is 0.303 e. The van der Waals surface area contributed by atoms with Crippen molar-refractivity contribution in [3.63, 3.8) is 0 Å². The van der Waals surface area contributed by atoms with Crippen LogP contribution >= 0.6 is 0 Å². The number of nitrogens with zero attached hydrogens (tertiary/aromatic N) is 2. The van der Waals surface area contributed by atoms with Gasteiger partial charge in [-0.3, -0.25) is 4.79 Å². The van der Waals surface area contributed by atoms with E-state index in [0.717, 1.165) is 70.1 Å². The number of aromatic nitrogens is 2. The minimum Gasteiger partial charge on any atom is -0.490 e. The number of carbonyl (C=O) groups is 1. The normalized spacial score (nSPS) is 10.9. The zero-order chi connectivity index (χ0) is 23.6. The van der Waals surface area contributed by atoms with Crippen molar-refractivity contribution in [1.29, 1.82) is 0 Å². The summed E-state index contributed by atoms with van der Waals surface area (Å²) >= 11 is 0. The van der Waals surface area contributed by atoms with Gasteiger partial charge in [-0.25, -0.2) is 9.97 Å². The quantitative estimate of drug-likeness (QED) is 0.244. The molecule has 2 aromatic rings. The van der Waals surface area contributed by atoms with E-state index in [-0.39, 0.29) is 6.42 Å². The summed E-state index contributed by atoms with van der Waals surface area (Å²) in [5.74, 6) is 0.680. The highest BCUT2D eigenvalue weighted by Gasteiger charge is 2.03. The fourth-order valence-corrected chi connectivity index (χ4v) is 3.55. The molecule has 0 amide bonds. The fourth-order valence-electron chi connectivity index (χ4n) is 3.55. The minimum atomic E-state index is -0.707. The molecule has 0 aliphatic rings. The van der Waals surface area contributed by atoms with E-state index in [9.17, 15) is 4.79 Å². The van der Waals surface area contributed by atoms with Gasteiger partial charge < -0.3 is 14.6 Å². The Hall–Kier alpha value is -2.47. The Balaban J connectivity index is 1.59. The van der Waals surface area contributed by atoms with Crippen LogP contribution in [0.5, 0.6) is 5.75 Å². The predicted octanol–water partition coefficient (Wildman–Crippen LogP) is 6.48. The molecule has 0 saturated heterocycles.